The predicted octanol–water partition coefficient (Wildman–Crippen LogP) is -0.498. The fourth-order valence-electron chi connectivity index (χ4n) is 2.64. The lowest BCUT2D eigenvalue weighted by atomic mass is 10.0. The topological polar surface area (TPSA) is 76.2 Å². The van der Waals surface area contributed by atoms with Crippen LogP contribution < -0.4 is 11.1 Å². The van der Waals surface area contributed by atoms with Crippen LogP contribution in [-0.4, -0.2) is 52.8 Å². The number of hydrogen-bond acceptors (Lipinski definition) is 4. The molecule has 1 saturated heterocycles. The van der Waals surface area contributed by atoms with E-state index in [1.807, 2.05) is 19.4 Å². The van der Waals surface area contributed by atoms with E-state index in [0.717, 1.165) is 38.9 Å². The minimum atomic E-state index is -0.246. The van der Waals surface area contributed by atoms with Crippen LogP contribution >= 0.6 is 0 Å². The number of aromatic nitrogens is 2. The number of primary amides is 1. The van der Waals surface area contributed by atoms with Crippen molar-refractivity contribution in [2.24, 2.45) is 12.8 Å². The lowest BCUT2D eigenvalue weighted by Crippen LogP contribution is -2.47. The number of nitrogens with one attached hydrogen (secondary N) is 1. The lowest BCUT2D eigenvalue weighted by molar-refractivity contribution is -0.119. The molecule has 6 heteroatoms. The summed E-state index contributed by atoms with van der Waals surface area (Å²) in [6.07, 6.45) is 6.97. The van der Waals surface area contributed by atoms with Gasteiger partial charge in [0.05, 0.1) is 12.7 Å². The highest BCUT2D eigenvalue weighted by Crippen LogP contribution is 2.12. The Morgan fingerprint density at radius 3 is 2.89 bits per heavy atom. The number of carbonyl (C=O) groups is 1. The summed E-state index contributed by atoms with van der Waals surface area (Å²) in [7, 11) is 1.91. The maximum atomic E-state index is 11.2. The molecule has 1 aliphatic heterocycles. The molecule has 1 amide bonds. The average molecular weight is 265 g/mol. The van der Waals surface area contributed by atoms with Crippen molar-refractivity contribution < 1.29 is 4.79 Å². The Labute approximate surface area is 113 Å². The minimum Gasteiger partial charge on any atom is -0.369 e. The molecule has 1 aliphatic rings. The van der Waals surface area contributed by atoms with Crippen molar-refractivity contribution in [2.45, 2.75) is 25.3 Å². The number of amides is 1. The molecule has 1 aromatic rings. The zero-order chi connectivity index (χ0) is 13.7. The Kier molecular flexibility index (Phi) is 4.93. The van der Waals surface area contributed by atoms with Crippen molar-refractivity contribution in [3.8, 4) is 0 Å². The van der Waals surface area contributed by atoms with Gasteiger partial charge >= 0.3 is 0 Å². The maximum Gasteiger partial charge on any atom is 0.231 e. The van der Waals surface area contributed by atoms with Crippen LogP contribution in [0.2, 0.25) is 0 Å². The fraction of sp³-hybridized carbons (Fsp3) is 0.692. The Morgan fingerprint density at radius 1 is 1.58 bits per heavy atom. The van der Waals surface area contributed by atoms with Crippen LogP contribution in [0.4, 0.5) is 0 Å². The van der Waals surface area contributed by atoms with E-state index >= 15 is 0 Å². The van der Waals surface area contributed by atoms with Crippen LogP contribution in [0.3, 0.4) is 0 Å². The van der Waals surface area contributed by atoms with Crippen LogP contribution in [0.15, 0.2) is 12.4 Å². The molecule has 0 radical (unpaired) electrons. The zero-order valence-electron chi connectivity index (χ0n) is 11.5. The highest BCUT2D eigenvalue weighted by atomic mass is 16.1. The SMILES string of the molecule is Cn1cc(CCN(CC(N)=O)C2CCNCC2)cn1. The largest absolute Gasteiger partial charge is 0.369 e. The summed E-state index contributed by atoms with van der Waals surface area (Å²) in [6.45, 7) is 3.25. The molecule has 0 atom stereocenters. The molecular formula is C13H23N5O. The van der Waals surface area contributed by atoms with Gasteiger partial charge in [-0.1, -0.05) is 0 Å². The van der Waals surface area contributed by atoms with Crippen molar-refractivity contribution in [1.29, 1.82) is 0 Å². The first kappa shape index (κ1) is 14.0. The van der Waals surface area contributed by atoms with Crippen LogP contribution in [-0.2, 0) is 18.3 Å². The maximum absolute atomic E-state index is 11.2. The molecule has 6 nitrogen and oxygen atoms in total. The third-order valence-electron chi connectivity index (χ3n) is 3.63. The molecule has 2 heterocycles. The molecule has 106 valence electrons. The van der Waals surface area contributed by atoms with E-state index < -0.39 is 0 Å². The highest BCUT2D eigenvalue weighted by Gasteiger charge is 2.22. The summed E-state index contributed by atoms with van der Waals surface area (Å²) in [4.78, 5) is 13.4. The van der Waals surface area contributed by atoms with Gasteiger partial charge in [-0.2, -0.15) is 5.10 Å². The van der Waals surface area contributed by atoms with Crippen molar-refractivity contribution in [3.05, 3.63) is 18.0 Å². The molecule has 0 spiro atoms. The molecular weight excluding hydrogens is 242 g/mol. The molecule has 1 aromatic heterocycles. The summed E-state index contributed by atoms with van der Waals surface area (Å²) < 4.78 is 1.80. The van der Waals surface area contributed by atoms with Crippen molar-refractivity contribution in [1.82, 2.24) is 20.0 Å². The van der Waals surface area contributed by atoms with Gasteiger partial charge in [0.1, 0.15) is 0 Å². The Bertz CT molecular complexity index is 411. The number of rotatable bonds is 6. The molecule has 0 bridgehead atoms. The van der Waals surface area contributed by atoms with Gasteiger partial charge in [0, 0.05) is 25.8 Å². The van der Waals surface area contributed by atoms with Gasteiger partial charge in [-0.3, -0.25) is 14.4 Å². The summed E-state index contributed by atoms with van der Waals surface area (Å²) in [5.74, 6) is -0.246. The third kappa shape index (κ3) is 4.33. The number of piperidine rings is 1. The number of hydrogen-bond donors (Lipinski definition) is 2. The summed E-state index contributed by atoms with van der Waals surface area (Å²) in [5, 5.41) is 7.51. The molecule has 2 rings (SSSR count). The van der Waals surface area contributed by atoms with Gasteiger partial charge < -0.3 is 11.1 Å². The van der Waals surface area contributed by atoms with E-state index in [4.69, 9.17) is 5.73 Å². The van der Waals surface area contributed by atoms with E-state index in [1.165, 1.54) is 5.56 Å². The van der Waals surface area contributed by atoms with E-state index in [0.29, 0.717) is 12.6 Å². The van der Waals surface area contributed by atoms with E-state index in [-0.39, 0.29) is 5.91 Å². The van der Waals surface area contributed by atoms with Crippen molar-refractivity contribution >= 4 is 5.91 Å². The Hall–Kier alpha value is -1.40. The first-order chi connectivity index (χ1) is 9.15. The average Bonchev–Trinajstić information content (AvgIpc) is 2.81. The monoisotopic (exact) mass is 265 g/mol. The molecule has 1 fully saturated rings. The van der Waals surface area contributed by atoms with Crippen LogP contribution in [0, 0.1) is 0 Å². The fourth-order valence-corrected chi connectivity index (χ4v) is 2.64. The van der Waals surface area contributed by atoms with Crippen LogP contribution in [0.25, 0.3) is 0 Å². The molecule has 0 aromatic carbocycles. The van der Waals surface area contributed by atoms with Crippen LogP contribution in [0.1, 0.15) is 18.4 Å². The quantitative estimate of drug-likeness (QED) is 0.727. The molecule has 0 unspecified atom stereocenters. The summed E-state index contributed by atoms with van der Waals surface area (Å²) >= 11 is 0. The summed E-state index contributed by atoms with van der Waals surface area (Å²) in [6, 6.07) is 0.463. The second-order valence-corrected chi connectivity index (χ2v) is 5.19. The molecule has 3 N–H and O–H groups in total. The lowest BCUT2D eigenvalue weighted by Gasteiger charge is -2.33. The first-order valence-corrected chi connectivity index (χ1v) is 6.86. The standard InChI is InChI=1S/C13H23N5O/c1-17-9-11(8-16-17)4-7-18(10-13(14)19)12-2-5-15-6-3-12/h8-9,12,15H,2-7,10H2,1H3,(H2,14,19). The van der Waals surface area contributed by atoms with Gasteiger partial charge in [0.15, 0.2) is 0 Å². The normalized spacial score (nSPS) is 16.9. The number of nitrogens with two attached hydrogens (primary N) is 1. The minimum absolute atomic E-state index is 0.246. The Morgan fingerprint density at radius 2 is 2.32 bits per heavy atom. The smallest absolute Gasteiger partial charge is 0.231 e. The van der Waals surface area contributed by atoms with Gasteiger partial charge in [-0.15, -0.1) is 0 Å². The molecule has 0 aliphatic carbocycles. The molecule has 0 saturated carbocycles. The first-order valence-electron chi connectivity index (χ1n) is 6.86. The second kappa shape index (κ2) is 6.68. The van der Waals surface area contributed by atoms with Crippen LogP contribution in [0.5, 0.6) is 0 Å². The highest BCUT2D eigenvalue weighted by molar-refractivity contribution is 5.75. The van der Waals surface area contributed by atoms with E-state index in [1.54, 1.807) is 4.68 Å². The number of aryl methyl sites for hydroxylation is 1. The Balaban J connectivity index is 1.90. The number of carbonyl (C=O) groups excluding carboxylic acids is 1. The van der Waals surface area contributed by atoms with Gasteiger partial charge in [-0.05, 0) is 37.9 Å². The van der Waals surface area contributed by atoms with Gasteiger partial charge in [0.25, 0.3) is 0 Å². The third-order valence-corrected chi connectivity index (χ3v) is 3.63. The van der Waals surface area contributed by atoms with E-state index in [9.17, 15) is 4.79 Å². The predicted molar refractivity (Wildman–Crippen MR) is 73.6 cm³/mol. The van der Waals surface area contributed by atoms with Crippen molar-refractivity contribution in [2.75, 3.05) is 26.2 Å². The second-order valence-electron chi connectivity index (χ2n) is 5.19. The number of nitrogens with zero attached hydrogens (tertiary/aromatic N) is 3. The van der Waals surface area contributed by atoms with Gasteiger partial charge in [-0.25, -0.2) is 0 Å². The summed E-state index contributed by atoms with van der Waals surface area (Å²) in [5.41, 5.74) is 6.56. The van der Waals surface area contributed by atoms with Crippen molar-refractivity contribution in [3.63, 3.8) is 0 Å². The van der Waals surface area contributed by atoms with E-state index in [2.05, 4.69) is 15.3 Å². The zero-order valence-corrected chi connectivity index (χ0v) is 11.5. The molecule has 19 heavy (non-hydrogen) atoms. The van der Waals surface area contributed by atoms with Gasteiger partial charge in [0.2, 0.25) is 5.91 Å².